The van der Waals surface area contributed by atoms with Gasteiger partial charge in [-0.2, -0.15) is 0 Å². The van der Waals surface area contributed by atoms with Crippen LogP contribution >= 0.6 is 0 Å². The first-order chi connectivity index (χ1) is 14.4. The molecule has 1 aliphatic heterocycles. The summed E-state index contributed by atoms with van der Waals surface area (Å²) in [6, 6.07) is 14.2. The second-order valence-corrected chi connectivity index (χ2v) is 8.77. The molecule has 30 heavy (non-hydrogen) atoms. The Kier molecular flexibility index (Phi) is 7.17. The van der Waals surface area contributed by atoms with Crippen molar-refractivity contribution >= 4 is 33.0 Å². The highest BCUT2D eigenvalue weighted by Crippen LogP contribution is 2.30. The molecule has 9 heteroatoms. The normalized spacial score (nSPS) is 14.3. The van der Waals surface area contributed by atoms with Gasteiger partial charge in [0.2, 0.25) is 15.9 Å². The number of hydrogen-bond donors (Lipinski definition) is 1. The molecule has 2 aromatic carbocycles. The van der Waals surface area contributed by atoms with E-state index in [1.165, 1.54) is 0 Å². The number of para-hydroxylation sites is 2. The average Bonchev–Trinajstić information content (AvgIpc) is 2.73. The molecule has 1 amide bonds. The number of ether oxygens (including phenoxy) is 2. The maximum absolute atomic E-state index is 12.6. The minimum atomic E-state index is -3.69. The van der Waals surface area contributed by atoms with Gasteiger partial charge in [-0.1, -0.05) is 12.1 Å². The number of hydrogen-bond acceptors (Lipinski definition) is 6. The van der Waals surface area contributed by atoms with Gasteiger partial charge in [-0.05, 0) is 43.3 Å². The van der Waals surface area contributed by atoms with Crippen molar-refractivity contribution in [3.05, 3.63) is 48.5 Å². The molecule has 0 atom stereocenters. The third-order valence-electron chi connectivity index (χ3n) is 4.65. The van der Waals surface area contributed by atoms with Crippen LogP contribution in [0.25, 0.3) is 0 Å². The van der Waals surface area contributed by atoms with Crippen LogP contribution in [0.3, 0.4) is 0 Å². The first-order valence-corrected chi connectivity index (χ1v) is 11.7. The first kappa shape index (κ1) is 21.9. The van der Waals surface area contributed by atoms with Crippen LogP contribution in [0.5, 0.6) is 5.75 Å². The molecule has 1 saturated heterocycles. The number of carbonyl (C=O) groups is 1. The number of anilines is 3. The van der Waals surface area contributed by atoms with Gasteiger partial charge in [0.25, 0.3) is 0 Å². The Hall–Kier alpha value is -2.78. The van der Waals surface area contributed by atoms with E-state index in [-0.39, 0.29) is 6.54 Å². The molecular formula is C21H27N3O5S. The molecule has 0 aromatic heterocycles. The zero-order valence-corrected chi connectivity index (χ0v) is 18.0. The summed E-state index contributed by atoms with van der Waals surface area (Å²) in [4.78, 5) is 14.8. The number of nitrogens with one attached hydrogen (secondary N) is 1. The summed E-state index contributed by atoms with van der Waals surface area (Å²) in [6.45, 7) is 4.90. The largest absolute Gasteiger partial charge is 0.492 e. The van der Waals surface area contributed by atoms with Crippen molar-refractivity contribution in [3.63, 3.8) is 0 Å². The summed E-state index contributed by atoms with van der Waals surface area (Å²) < 4.78 is 36.7. The molecule has 1 fully saturated rings. The third-order valence-corrected chi connectivity index (χ3v) is 5.78. The lowest BCUT2D eigenvalue weighted by molar-refractivity contribution is -0.114. The van der Waals surface area contributed by atoms with Crippen LogP contribution in [-0.4, -0.2) is 60.0 Å². The fourth-order valence-corrected chi connectivity index (χ4v) is 4.09. The molecule has 0 bridgehead atoms. The van der Waals surface area contributed by atoms with E-state index in [1.54, 1.807) is 24.3 Å². The van der Waals surface area contributed by atoms with Gasteiger partial charge in [-0.3, -0.25) is 9.10 Å². The number of amides is 1. The fourth-order valence-electron chi connectivity index (χ4n) is 3.23. The average molecular weight is 434 g/mol. The van der Waals surface area contributed by atoms with Crippen LogP contribution in [0.4, 0.5) is 17.1 Å². The van der Waals surface area contributed by atoms with E-state index in [0.29, 0.717) is 36.9 Å². The maximum Gasteiger partial charge on any atom is 0.245 e. The monoisotopic (exact) mass is 433 g/mol. The van der Waals surface area contributed by atoms with Gasteiger partial charge in [0, 0.05) is 24.5 Å². The summed E-state index contributed by atoms with van der Waals surface area (Å²) >= 11 is 0. The molecule has 1 N–H and O–H groups in total. The number of benzene rings is 2. The molecular weight excluding hydrogens is 406 g/mol. The molecule has 0 spiro atoms. The lowest BCUT2D eigenvalue weighted by Gasteiger charge is -2.29. The number of carbonyl (C=O) groups excluding carboxylic acids is 1. The first-order valence-electron chi connectivity index (χ1n) is 9.80. The summed E-state index contributed by atoms with van der Waals surface area (Å²) in [6.07, 6.45) is 1.07. The van der Waals surface area contributed by atoms with Crippen LogP contribution in [0.1, 0.15) is 6.92 Å². The molecule has 1 aliphatic rings. The van der Waals surface area contributed by atoms with E-state index < -0.39 is 15.9 Å². The predicted molar refractivity (Wildman–Crippen MR) is 118 cm³/mol. The molecule has 0 unspecified atom stereocenters. The highest BCUT2D eigenvalue weighted by molar-refractivity contribution is 7.92. The summed E-state index contributed by atoms with van der Waals surface area (Å²) in [5.41, 5.74) is 1.99. The SMILES string of the molecule is CCOc1ccccc1N(CC(=O)Nc1ccc(N2CCOCC2)cc1)S(C)(=O)=O. The number of sulfonamides is 1. The van der Waals surface area contributed by atoms with Crippen molar-refractivity contribution in [1.29, 1.82) is 0 Å². The molecule has 1 heterocycles. The van der Waals surface area contributed by atoms with Gasteiger partial charge in [-0.15, -0.1) is 0 Å². The van der Waals surface area contributed by atoms with Crippen LogP contribution in [0, 0.1) is 0 Å². The van der Waals surface area contributed by atoms with E-state index in [2.05, 4.69) is 10.2 Å². The highest BCUT2D eigenvalue weighted by atomic mass is 32.2. The molecule has 0 aliphatic carbocycles. The zero-order valence-electron chi connectivity index (χ0n) is 17.2. The number of nitrogens with zero attached hydrogens (tertiary/aromatic N) is 2. The van der Waals surface area contributed by atoms with Crippen LogP contribution in [-0.2, 0) is 19.6 Å². The van der Waals surface area contributed by atoms with Crippen LogP contribution < -0.4 is 19.3 Å². The van der Waals surface area contributed by atoms with Gasteiger partial charge >= 0.3 is 0 Å². The van der Waals surface area contributed by atoms with Gasteiger partial charge in [0.1, 0.15) is 12.3 Å². The van der Waals surface area contributed by atoms with E-state index in [4.69, 9.17) is 9.47 Å². The van der Waals surface area contributed by atoms with Crippen molar-refractivity contribution in [2.24, 2.45) is 0 Å². The Morgan fingerprint density at radius 2 is 1.80 bits per heavy atom. The summed E-state index contributed by atoms with van der Waals surface area (Å²) in [7, 11) is -3.69. The Morgan fingerprint density at radius 3 is 2.43 bits per heavy atom. The van der Waals surface area contributed by atoms with Gasteiger partial charge in [0.15, 0.2) is 0 Å². The Morgan fingerprint density at radius 1 is 1.13 bits per heavy atom. The van der Waals surface area contributed by atoms with Crippen molar-refractivity contribution in [2.75, 3.05) is 60.2 Å². The quantitative estimate of drug-likeness (QED) is 0.688. The van der Waals surface area contributed by atoms with Crippen LogP contribution in [0.15, 0.2) is 48.5 Å². The molecule has 0 radical (unpaired) electrons. The predicted octanol–water partition coefficient (Wildman–Crippen LogP) is 2.33. The minimum Gasteiger partial charge on any atom is -0.492 e. The van der Waals surface area contributed by atoms with Crippen molar-refractivity contribution in [3.8, 4) is 5.75 Å². The smallest absolute Gasteiger partial charge is 0.245 e. The lowest BCUT2D eigenvalue weighted by Crippen LogP contribution is -2.37. The van der Waals surface area contributed by atoms with E-state index in [0.717, 1.165) is 29.3 Å². The van der Waals surface area contributed by atoms with E-state index in [1.807, 2.05) is 31.2 Å². The van der Waals surface area contributed by atoms with E-state index >= 15 is 0 Å². The van der Waals surface area contributed by atoms with Crippen molar-refractivity contribution < 1.29 is 22.7 Å². The Bertz CT molecular complexity index is 957. The van der Waals surface area contributed by atoms with Crippen molar-refractivity contribution in [1.82, 2.24) is 0 Å². The second-order valence-electron chi connectivity index (χ2n) is 6.86. The van der Waals surface area contributed by atoms with Gasteiger partial charge < -0.3 is 19.7 Å². The Balaban J connectivity index is 1.71. The maximum atomic E-state index is 12.6. The van der Waals surface area contributed by atoms with Crippen LogP contribution in [0.2, 0.25) is 0 Å². The summed E-state index contributed by atoms with van der Waals surface area (Å²) in [5.74, 6) is -0.0288. The fraction of sp³-hybridized carbons (Fsp3) is 0.381. The number of morpholine rings is 1. The zero-order chi connectivity index (χ0) is 21.6. The highest BCUT2D eigenvalue weighted by Gasteiger charge is 2.24. The third kappa shape index (κ3) is 5.64. The summed E-state index contributed by atoms with van der Waals surface area (Å²) in [5, 5.41) is 2.77. The molecule has 162 valence electrons. The van der Waals surface area contributed by atoms with Gasteiger partial charge in [0.05, 0.1) is 31.8 Å². The standard InChI is InChI=1S/C21H27N3O5S/c1-3-29-20-7-5-4-6-19(20)24(30(2,26)27)16-21(25)22-17-8-10-18(11-9-17)23-12-14-28-15-13-23/h4-11H,3,12-16H2,1-2H3,(H,22,25). The number of rotatable bonds is 8. The topological polar surface area (TPSA) is 88.2 Å². The minimum absolute atomic E-state index is 0.333. The molecule has 3 rings (SSSR count). The Labute approximate surface area is 177 Å². The molecule has 0 saturated carbocycles. The molecule has 2 aromatic rings. The lowest BCUT2D eigenvalue weighted by atomic mass is 10.2. The van der Waals surface area contributed by atoms with Crippen molar-refractivity contribution in [2.45, 2.75) is 6.92 Å². The van der Waals surface area contributed by atoms with E-state index in [9.17, 15) is 13.2 Å². The molecule has 8 nitrogen and oxygen atoms in total. The van der Waals surface area contributed by atoms with Gasteiger partial charge in [-0.25, -0.2) is 8.42 Å². The second kappa shape index (κ2) is 9.82.